The number of aryl methyl sites for hydroxylation is 1. The molecule has 1 aromatic heterocycles. The molecule has 0 spiro atoms. The Hall–Kier alpha value is -2.53. The van der Waals surface area contributed by atoms with E-state index in [2.05, 4.69) is 15.9 Å². The third kappa shape index (κ3) is 2.83. The van der Waals surface area contributed by atoms with Crippen LogP contribution in [0, 0.1) is 11.3 Å². The van der Waals surface area contributed by atoms with Crippen molar-refractivity contribution in [3.8, 4) is 17.6 Å². The van der Waals surface area contributed by atoms with E-state index in [0.29, 0.717) is 41.3 Å². The molecule has 0 radical (unpaired) electrons. The molecular weight excluding hydrogens is 378 g/mol. The van der Waals surface area contributed by atoms with Crippen LogP contribution in [0.4, 0.5) is 0 Å². The molecule has 1 aliphatic heterocycles. The Labute approximate surface area is 145 Å². The normalized spacial score (nSPS) is 12.7. The first kappa shape index (κ1) is 16.3. The van der Waals surface area contributed by atoms with Crippen LogP contribution in [0.5, 0.6) is 11.5 Å². The summed E-state index contributed by atoms with van der Waals surface area (Å²) in [5.41, 5.74) is -0.432. The van der Waals surface area contributed by atoms with Gasteiger partial charge in [-0.2, -0.15) is 5.26 Å². The molecule has 0 bridgehead atoms. The van der Waals surface area contributed by atoms with E-state index in [0.717, 1.165) is 4.57 Å². The van der Waals surface area contributed by atoms with Crippen molar-refractivity contribution < 1.29 is 9.47 Å². The summed E-state index contributed by atoms with van der Waals surface area (Å²) in [5.74, 6) is 1.18. The van der Waals surface area contributed by atoms with Gasteiger partial charge in [-0.3, -0.25) is 13.9 Å². The molecular formula is C16H14BrN3O4. The molecule has 0 amide bonds. The number of halogens is 1. The number of rotatable bonds is 3. The minimum absolute atomic E-state index is 0.0322. The molecule has 1 aromatic carbocycles. The first-order chi connectivity index (χ1) is 11.5. The van der Waals surface area contributed by atoms with Gasteiger partial charge in [-0.1, -0.05) is 15.9 Å². The van der Waals surface area contributed by atoms with Gasteiger partial charge in [-0.15, -0.1) is 0 Å². The van der Waals surface area contributed by atoms with Gasteiger partial charge in [0.15, 0.2) is 11.5 Å². The van der Waals surface area contributed by atoms with Crippen molar-refractivity contribution in [1.29, 1.82) is 5.26 Å². The topological polar surface area (TPSA) is 86.2 Å². The lowest BCUT2D eigenvalue weighted by Crippen LogP contribution is -2.41. The second kappa shape index (κ2) is 6.53. The van der Waals surface area contributed by atoms with Crippen molar-refractivity contribution in [2.75, 3.05) is 13.2 Å². The molecule has 8 heteroatoms. The number of nitrogens with zero attached hydrogens (tertiary/aromatic N) is 3. The van der Waals surface area contributed by atoms with Gasteiger partial charge in [-0.25, -0.2) is 4.79 Å². The highest BCUT2D eigenvalue weighted by Crippen LogP contribution is 2.35. The number of hydrogen-bond donors (Lipinski definition) is 0. The van der Waals surface area contributed by atoms with E-state index in [9.17, 15) is 9.59 Å². The molecule has 3 rings (SSSR count). The highest BCUT2D eigenvalue weighted by molar-refractivity contribution is 9.10. The van der Waals surface area contributed by atoms with Crippen molar-refractivity contribution in [3.05, 3.63) is 54.8 Å². The number of benzene rings is 1. The van der Waals surface area contributed by atoms with Crippen LogP contribution in [0.25, 0.3) is 0 Å². The van der Waals surface area contributed by atoms with Crippen molar-refractivity contribution >= 4 is 15.9 Å². The van der Waals surface area contributed by atoms with Crippen molar-refractivity contribution in [1.82, 2.24) is 9.13 Å². The monoisotopic (exact) mass is 391 g/mol. The van der Waals surface area contributed by atoms with E-state index in [1.165, 1.54) is 10.8 Å². The number of fused-ring (bicyclic) bond motifs is 1. The Morgan fingerprint density at radius 2 is 1.92 bits per heavy atom. The summed E-state index contributed by atoms with van der Waals surface area (Å²) in [5, 5.41) is 9.11. The SMILES string of the molecule is CCn1cc(C#N)c(=O)n(Cc2cc3c(cc2Br)OCCO3)c1=O. The quantitative estimate of drug-likeness (QED) is 0.790. The largest absolute Gasteiger partial charge is 0.486 e. The third-order valence-electron chi connectivity index (χ3n) is 3.74. The summed E-state index contributed by atoms with van der Waals surface area (Å²) in [4.78, 5) is 24.8. The van der Waals surface area contributed by atoms with Crippen molar-refractivity contribution in [3.63, 3.8) is 0 Å². The van der Waals surface area contributed by atoms with Gasteiger partial charge < -0.3 is 9.47 Å². The lowest BCUT2D eigenvalue weighted by Gasteiger charge is -2.20. The standard InChI is InChI=1S/C16H14BrN3O4/c1-2-19-8-11(7-18)15(21)20(16(19)22)9-10-5-13-14(6-12(10)17)24-4-3-23-13/h5-6,8H,2-4,9H2,1H3. The molecule has 0 saturated carbocycles. The van der Waals surface area contributed by atoms with Gasteiger partial charge in [0.1, 0.15) is 24.8 Å². The zero-order valence-electron chi connectivity index (χ0n) is 12.9. The Kier molecular flexibility index (Phi) is 4.44. The number of aromatic nitrogens is 2. The molecule has 124 valence electrons. The van der Waals surface area contributed by atoms with Crippen LogP contribution >= 0.6 is 15.9 Å². The van der Waals surface area contributed by atoms with E-state index >= 15 is 0 Å². The van der Waals surface area contributed by atoms with Gasteiger partial charge in [0.2, 0.25) is 0 Å². The van der Waals surface area contributed by atoms with E-state index in [-0.39, 0.29) is 12.1 Å². The fourth-order valence-electron chi connectivity index (χ4n) is 2.49. The summed E-state index contributed by atoms with van der Waals surface area (Å²) in [6.45, 7) is 3.10. The molecule has 0 saturated heterocycles. The van der Waals surface area contributed by atoms with E-state index in [1.54, 1.807) is 19.1 Å². The van der Waals surface area contributed by atoms with E-state index < -0.39 is 11.2 Å². The molecule has 0 N–H and O–H groups in total. The minimum atomic E-state index is -0.603. The predicted molar refractivity (Wildman–Crippen MR) is 89.6 cm³/mol. The van der Waals surface area contributed by atoms with Crippen LogP contribution < -0.4 is 20.7 Å². The molecule has 24 heavy (non-hydrogen) atoms. The maximum Gasteiger partial charge on any atom is 0.331 e. The van der Waals surface area contributed by atoms with Gasteiger partial charge in [0.25, 0.3) is 5.56 Å². The zero-order chi connectivity index (χ0) is 17.3. The van der Waals surface area contributed by atoms with Gasteiger partial charge in [-0.05, 0) is 24.6 Å². The third-order valence-corrected chi connectivity index (χ3v) is 4.48. The lowest BCUT2D eigenvalue weighted by molar-refractivity contribution is 0.171. The maximum absolute atomic E-state index is 12.4. The highest BCUT2D eigenvalue weighted by Gasteiger charge is 2.17. The van der Waals surface area contributed by atoms with Crippen molar-refractivity contribution in [2.24, 2.45) is 0 Å². The number of hydrogen-bond acceptors (Lipinski definition) is 5. The summed E-state index contributed by atoms with van der Waals surface area (Å²) < 4.78 is 14.1. The summed E-state index contributed by atoms with van der Waals surface area (Å²) >= 11 is 3.43. The second-order valence-corrected chi connectivity index (χ2v) is 6.06. The smallest absolute Gasteiger partial charge is 0.331 e. The molecule has 0 unspecified atom stereocenters. The van der Waals surface area contributed by atoms with Gasteiger partial charge in [0.05, 0.1) is 6.54 Å². The average Bonchev–Trinajstić information content (AvgIpc) is 2.59. The molecule has 1 aliphatic rings. The Balaban J connectivity index is 2.11. The molecule has 2 aromatic rings. The first-order valence-electron chi connectivity index (χ1n) is 7.37. The Bertz CT molecular complexity index is 956. The average molecular weight is 392 g/mol. The van der Waals surface area contributed by atoms with Crippen LogP contribution in [0.15, 0.2) is 32.4 Å². The lowest BCUT2D eigenvalue weighted by atomic mass is 10.2. The predicted octanol–water partition coefficient (Wildman–Crippen LogP) is 1.48. The molecule has 0 aliphatic carbocycles. The van der Waals surface area contributed by atoms with Crippen LogP contribution in [0.1, 0.15) is 18.1 Å². The fraction of sp³-hybridized carbons (Fsp3) is 0.312. The number of ether oxygens (including phenoxy) is 2. The number of nitriles is 1. The van der Waals surface area contributed by atoms with Crippen LogP contribution in [0.2, 0.25) is 0 Å². The summed E-state index contributed by atoms with van der Waals surface area (Å²) in [6.07, 6.45) is 1.29. The molecule has 7 nitrogen and oxygen atoms in total. The summed E-state index contributed by atoms with van der Waals surface area (Å²) in [6, 6.07) is 5.33. The summed E-state index contributed by atoms with van der Waals surface area (Å²) in [7, 11) is 0. The molecule has 0 fully saturated rings. The van der Waals surface area contributed by atoms with E-state index in [4.69, 9.17) is 14.7 Å². The fourth-order valence-corrected chi connectivity index (χ4v) is 2.94. The zero-order valence-corrected chi connectivity index (χ0v) is 14.5. The van der Waals surface area contributed by atoms with Crippen LogP contribution in [-0.4, -0.2) is 22.3 Å². The van der Waals surface area contributed by atoms with Gasteiger partial charge in [0, 0.05) is 17.2 Å². The highest BCUT2D eigenvalue weighted by atomic mass is 79.9. The van der Waals surface area contributed by atoms with Crippen LogP contribution in [-0.2, 0) is 13.1 Å². The molecule has 2 heterocycles. The molecule has 0 atom stereocenters. The Morgan fingerprint density at radius 1 is 1.25 bits per heavy atom. The van der Waals surface area contributed by atoms with Crippen LogP contribution in [0.3, 0.4) is 0 Å². The minimum Gasteiger partial charge on any atom is -0.486 e. The van der Waals surface area contributed by atoms with E-state index in [1.807, 2.05) is 6.07 Å². The van der Waals surface area contributed by atoms with Gasteiger partial charge >= 0.3 is 5.69 Å². The Morgan fingerprint density at radius 3 is 2.54 bits per heavy atom. The van der Waals surface area contributed by atoms with Crippen molar-refractivity contribution in [2.45, 2.75) is 20.0 Å². The first-order valence-corrected chi connectivity index (χ1v) is 8.16. The second-order valence-electron chi connectivity index (χ2n) is 5.20. The maximum atomic E-state index is 12.4.